The van der Waals surface area contributed by atoms with Crippen molar-refractivity contribution in [3.05, 3.63) is 0 Å². The van der Waals surface area contributed by atoms with Crippen LogP contribution < -0.4 is 0 Å². The lowest BCUT2D eigenvalue weighted by molar-refractivity contribution is -0.152. The molecule has 4 nitrogen and oxygen atoms in total. The largest absolute Gasteiger partial charge is 0.336 e. The van der Waals surface area contributed by atoms with Gasteiger partial charge in [0.15, 0.2) is 0 Å². The van der Waals surface area contributed by atoms with Gasteiger partial charge in [0.2, 0.25) is 11.8 Å². The maximum absolute atomic E-state index is 13.2. The smallest absolute Gasteiger partial charge is 0.226 e. The Labute approximate surface area is 157 Å². The predicted molar refractivity (Wildman–Crippen MR) is 100 cm³/mol. The van der Waals surface area contributed by atoms with Crippen molar-refractivity contribution < 1.29 is 9.59 Å². The molecule has 144 valence electrons. The Balaban J connectivity index is 1.25. The van der Waals surface area contributed by atoms with Crippen molar-refractivity contribution in [2.45, 2.75) is 77.3 Å². The lowest BCUT2D eigenvalue weighted by Gasteiger charge is -2.46. The van der Waals surface area contributed by atoms with Crippen LogP contribution in [0.15, 0.2) is 0 Å². The van der Waals surface area contributed by atoms with Gasteiger partial charge in [-0.3, -0.25) is 9.59 Å². The van der Waals surface area contributed by atoms with Crippen LogP contribution in [-0.2, 0) is 9.59 Å². The van der Waals surface area contributed by atoms with Crippen molar-refractivity contribution >= 4 is 11.8 Å². The topological polar surface area (TPSA) is 40.6 Å². The van der Waals surface area contributed by atoms with E-state index in [1.807, 2.05) is 0 Å². The molecule has 8 atom stereocenters. The molecule has 4 bridgehead atoms. The van der Waals surface area contributed by atoms with Crippen molar-refractivity contribution in [3.63, 3.8) is 0 Å². The third-order valence-corrected chi connectivity index (χ3v) is 8.66. The number of carbonyl (C=O) groups excluding carboxylic acids is 2. The third kappa shape index (κ3) is 2.62. The summed E-state index contributed by atoms with van der Waals surface area (Å²) in [5.74, 6) is 4.23. The summed E-state index contributed by atoms with van der Waals surface area (Å²) in [6, 6.07) is 0.334. The Kier molecular flexibility index (Phi) is 4.09. The number of rotatable bonds is 2. The van der Waals surface area contributed by atoms with Crippen molar-refractivity contribution in [2.75, 3.05) is 13.1 Å². The van der Waals surface area contributed by atoms with E-state index in [0.29, 0.717) is 23.7 Å². The van der Waals surface area contributed by atoms with Gasteiger partial charge < -0.3 is 9.80 Å². The van der Waals surface area contributed by atoms with Gasteiger partial charge in [0.25, 0.3) is 0 Å². The Morgan fingerprint density at radius 1 is 0.654 bits per heavy atom. The van der Waals surface area contributed by atoms with Crippen LogP contribution in [0.1, 0.15) is 65.2 Å². The minimum absolute atomic E-state index is 0.167. The number of piperazine rings is 1. The van der Waals surface area contributed by atoms with E-state index in [1.165, 1.54) is 38.5 Å². The molecular formula is C22H34N2O2. The first-order chi connectivity index (χ1) is 12.5. The van der Waals surface area contributed by atoms with Gasteiger partial charge in [-0.15, -0.1) is 0 Å². The minimum atomic E-state index is 0.167. The van der Waals surface area contributed by atoms with Crippen molar-refractivity contribution in [3.8, 4) is 0 Å². The molecule has 4 aliphatic carbocycles. The van der Waals surface area contributed by atoms with Crippen molar-refractivity contribution in [1.29, 1.82) is 0 Å². The molecule has 0 aromatic carbocycles. The first kappa shape index (κ1) is 17.1. The van der Waals surface area contributed by atoms with Crippen LogP contribution in [0.2, 0.25) is 0 Å². The molecule has 4 heteroatoms. The summed E-state index contributed by atoms with van der Waals surface area (Å²) in [6.07, 6.45) is 10.00. The number of hydrogen-bond donors (Lipinski definition) is 0. The van der Waals surface area contributed by atoms with Crippen LogP contribution in [0, 0.1) is 35.5 Å². The number of nitrogens with zero attached hydrogens (tertiary/aromatic N) is 2. The molecule has 4 saturated carbocycles. The fourth-order valence-electron chi connectivity index (χ4n) is 7.26. The van der Waals surface area contributed by atoms with E-state index in [2.05, 4.69) is 23.6 Å². The normalized spacial score (nSPS) is 47.0. The minimum Gasteiger partial charge on any atom is -0.336 e. The van der Waals surface area contributed by atoms with Crippen molar-refractivity contribution in [2.24, 2.45) is 35.5 Å². The van der Waals surface area contributed by atoms with Gasteiger partial charge in [0, 0.05) is 37.0 Å². The molecule has 1 heterocycles. The van der Waals surface area contributed by atoms with E-state index in [-0.39, 0.29) is 23.9 Å². The molecule has 5 fully saturated rings. The molecule has 0 aromatic rings. The molecule has 1 saturated heterocycles. The molecule has 0 spiro atoms. The predicted octanol–water partition coefficient (Wildman–Crippen LogP) is 3.31. The second-order valence-electron chi connectivity index (χ2n) is 10.2. The summed E-state index contributed by atoms with van der Waals surface area (Å²) in [6.45, 7) is 5.77. The average Bonchev–Trinajstić information content (AvgIpc) is 3.42. The first-order valence-corrected chi connectivity index (χ1v) is 11.1. The Morgan fingerprint density at radius 2 is 1.08 bits per heavy atom. The lowest BCUT2D eigenvalue weighted by atomic mass is 9.86. The van der Waals surface area contributed by atoms with Crippen LogP contribution in [0.3, 0.4) is 0 Å². The van der Waals surface area contributed by atoms with Gasteiger partial charge in [-0.2, -0.15) is 0 Å². The second kappa shape index (κ2) is 6.24. The van der Waals surface area contributed by atoms with E-state index < -0.39 is 0 Å². The third-order valence-electron chi connectivity index (χ3n) is 8.66. The molecule has 0 radical (unpaired) electrons. The fraction of sp³-hybridized carbons (Fsp3) is 0.909. The van der Waals surface area contributed by atoms with E-state index >= 15 is 0 Å². The highest BCUT2D eigenvalue weighted by molar-refractivity contribution is 5.82. The van der Waals surface area contributed by atoms with Gasteiger partial charge in [-0.1, -0.05) is 12.8 Å². The quantitative estimate of drug-likeness (QED) is 0.760. The molecule has 0 aromatic heterocycles. The molecule has 0 N–H and O–H groups in total. The van der Waals surface area contributed by atoms with E-state index in [1.54, 1.807) is 0 Å². The average molecular weight is 359 g/mol. The summed E-state index contributed by atoms with van der Waals surface area (Å²) in [5, 5.41) is 0. The fourth-order valence-corrected chi connectivity index (χ4v) is 7.26. The number of hydrogen-bond acceptors (Lipinski definition) is 2. The van der Waals surface area contributed by atoms with Crippen LogP contribution in [-0.4, -0.2) is 46.8 Å². The molecule has 1 aliphatic heterocycles. The second-order valence-corrected chi connectivity index (χ2v) is 10.2. The van der Waals surface area contributed by atoms with E-state index in [9.17, 15) is 9.59 Å². The van der Waals surface area contributed by atoms with Gasteiger partial charge in [-0.25, -0.2) is 0 Å². The van der Waals surface area contributed by atoms with Gasteiger partial charge in [0.1, 0.15) is 0 Å². The summed E-state index contributed by atoms with van der Waals surface area (Å²) < 4.78 is 0. The molecule has 2 amide bonds. The number of carbonyl (C=O) groups is 2. The van der Waals surface area contributed by atoms with Gasteiger partial charge >= 0.3 is 0 Å². The summed E-state index contributed by atoms with van der Waals surface area (Å²) >= 11 is 0. The van der Waals surface area contributed by atoms with E-state index in [0.717, 1.165) is 37.8 Å². The maximum atomic E-state index is 13.2. The molecule has 26 heavy (non-hydrogen) atoms. The molecular weight excluding hydrogens is 324 g/mol. The first-order valence-electron chi connectivity index (χ1n) is 11.1. The molecule has 5 rings (SSSR count). The highest BCUT2D eigenvalue weighted by Gasteiger charge is 2.48. The highest BCUT2D eigenvalue weighted by atomic mass is 16.2. The lowest BCUT2D eigenvalue weighted by Crippen LogP contribution is -2.61. The Hall–Kier alpha value is -1.06. The zero-order valence-corrected chi connectivity index (χ0v) is 16.4. The maximum Gasteiger partial charge on any atom is 0.226 e. The summed E-state index contributed by atoms with van der Waals surface area (Å²) in [4.78, 5) is 30.7. The summed E-state index contributed by atoms with van der Waals surface area (Å²) in [5.41, 5.74) is 0. The highest BCUT2D eigenvalue weighted by Crippen LogP contribution is 2.50. The molecule has 0 unspecified atom stereocenters. The van der Waals surface area contributed by atoms with Crippen molar-refractivity contribution in [1.82, 2.24) is 9.80 Å². The van der Waals surface area contributed by atoms with Crippen LogP contribution in [0.5, 0.6) is 0 Å². The van der Waals surface area contributed by atoms with E-state index in [4.69, 9.17) is 0 Å². The SMILES string of the molecule is C[C@H]1CN(C(=O)[C@@H]2C[C@@H]3CC[C@@H]2C3)[C@@H](C)CN1C(=O)[C@H]1C[C@@H]2CC[C@@H]1C2. The van der Waals surface area contributed by atoms with Gasteiger partial charge in [-0.05, 0) is 76.0 Å². The zero-order valence-electron chi connectivity index (χ0n) is 16.4. The Morgan fingerprint density at radius 3 is 1.38 bits per heavy atom. The standard InChI is InChI=1S/C22H34N2O2/c1-13-11-24(22(26)20-10-16-4-6-18(20)8-16)14(2)12-23(13)21(25)19-9-15-3-5-17(19)7-15/h13-20H,3-12H2,1-2H3/t13-,14-,15+,16+,17+,18+,19-,20+/m0/s1. The van der Waals surface area contributed by atoms with Crippen LogP contribution in [0.25, 0.3) is 0 Å². The molecule has 5 aliphatic rings. The van der Waals surface area contributed by atoms with Crippen LogP contribution >= 0.6 is 0 Å². The van der Waals surface area contributed by atoms with Crippen LogP contribution in [0.4, 0.5) is 0 Å². The number of fused-ring (bicyclic) bond motifs is 4. The Bertz CT molecular complexity index is 553. The zero-order chi connectivity index (χ0) is 18.0. The van der Waals surface area contributed by atoms with Gasteiger partial charge in [0.05, 0.1) is 0 Å². The number of amides is 2. The monoisotopic (exact) mass is 358 g/mol. The summed E-state index contributed by atoms with van der Waals surface area (Å²) in [7, 11) is 0.